The molecule has 0 aliphatic heterocycles. The number of nitrogens with one attached hydrogen (secondary N) is 1. The molecule has 0 spiro atoms. The molecule has 0 aliphatic carbocycles. The van der Waals surface area contributed by atoms with Crippen molar-refractivity contribution < 1.29 is 17.6 Å². The van der Waals surface area contributed by atoms with Crippen LogP contribution in [0.1, 0.15) is 17.0 Å². The van der Waals surface area contributed by atoms with Crippen LogP contribution in [0.5, 0.6) is 0 Å². The number of alkyl halides is 3. The van der Waals surface area contributed by atoms with E-state index < -0.39 is 23.1 Å². The summed E-state index contributed by atoms with van der Waals surface area (Å²) < 4.78 is 51.0. The van der Waals surface area contributed by atoms with Gasteiger partial charge in [-0.3, -0.25) is 4.79 Å². The Balaban J connectivity index is 2.61. The van der Waals surface area contributed by atoms with Gasteiger partial charge in [-0.25, -0.2) is 9.37 Å². The lowest BCUT2D eigenvalue weighted by Gasteiger charge is -2.10. The molecule has 0 aliphatic rings. The van der Waals surface area contributed by atoms with Gasteiger partial charge in [0.15, 0.2) is 0 Å². The molecule has 1 N–H and O–H groups in total. The lowest BCUT2D eigenvalue weighted by molar-refractivity contribution is -0.139. The molecule has 1 heterocycles. The summed E-state index contributed by atoms with van der Waals surface area (Å²) in [6, 6.07) is 2.47. The molecular weight excluding hydrogens is 276 g/mol. The van der Waals surface area contributed by atoms with Crippen LogP contribution in [0.25, 0.3) is 11.3 Å². The maximum atomic E-state index is 13.5. The number of H-pyrrole nitrogens is 1. The summed E-state index contributed by atoms with van der Waals surface area (Å²) in [5.41, 5.74) is -1.25. The van der Waals surface area contributed by atoms with Gasteiger partial charge in [0.25, 0.3) is 5.56 Å². The normalized spacial score (nSPS) is 11.7. The molecule has 0 saturated heterocycles. The standard InChI is InChI=1S/C13H10F4N2O/c1-6-11(18-7(2)19-12(6)20)8-3-4-9(10(14)5-8)13(15,16)17/h3-5H,1-2H3,(H,18,19,20). The molecule has 0 unspecified atom stereocenters. The summed E-state index contributed by atoms with van der Waals surface area (Å²) in [7, 11) is 0. The molecule has 3 nitrogen and oxygen atoms in total. The largest absolute Gasteiger partial charge is 0.419 e. The fourth-order valence-corrected chi connectivity index (χ4v) is 1.82. The molecule has 0 amide bonds. The highest BCUT2D eigenvalue weighted by molar-refractivity contribution is 5.63. The third-order valence-electron chi connectivity index (χ3n) is 2.82. The van der Waals surface area contributed by atoms with Crippen molar-refractivity contribution in [3.8, 4) is 11.3 Å². The number of halogens is 4. The average molecular weight is 286 g/mol. The van der Waals surface area contributed by atoms with Gasteiger partial charge < -0.3 is 4.98 Å². The lowest BCUT2D eigenvalue weighted by Crippen LogP contribution is -2.14. The third-order valence-corrected chi connectivity index (χ3v) is 2.82. The van der Waals surface area contributed by atoms with Gasteiger partial charge in [-0.15, -0.1) is 0 Å². The van der Waals surface area contributed by atoms with E-state index in [0.717, 1.165) is 12.1 Å². The molecule has 2 aromatic rings. The van der Waals surface area contributed by atoms with E-state index in [4.69, 9.17) is 0 Å². The number of aromatic nitrogens is 2. The zero-order valence-electron chi connectivity index (χ0n) is 10.6. The lowest BCUT2D eigenvalue weighted by atomic mass is 10.0. The molecule has 0 atom stereocenters. The van der Waals surface area contributed by atoms with Gasteiger partial charge in [0.2, 0.25) is 0 Å². The predicted molar refractivity (Wildman–Crippen MR) is 64.7 cm³/mol. The molecular formula is C13H10F4N2O. The Morgan fingerprint density at radius 2 is 1.85 bits per heavy atom. The second-order valence-electron chi connectivity index (χ2n) is 4.32. The molecule has 106 valence electrons. The SMILES string of the molecule is Cc1nc(-c2ccc(C(F)(F)F)c(F)c2)c(C)c(=O)[nH]1. The summed E-state index contributed by atoms with van der Waals surface area (Å²) in [5, 5.41) is 0. The summed E-state index contributed by atoms with van der Waals surface area (Å²) in [4.78, 5) is 18.1. The van der Waals surface area contributed by atoms with E-state index in [1.807, 2.05) is 0 Å². The van der Waals surface area contributed by atoms with Gasteiger partial charge in [-0.2, -0.15) is 13.2 Å². The number of nitrogens with zero attached hydrogens (tertiary/aromatic N) is 1. The molecule has 1 aromatic heterocycles. The van der Waals surface area contributed by atoms with Crippen molar-refractivity contribution in [2.24, 2.45) is 0 Å². The van der Waals surface area contributed by atoms with Gasteiger partial charge in [0, 0.05) is 11.1 Å². The van der Waals surface area contributed by atoms with E-state index in [-0.39, 0.29) is 16.8 Å². The number of rotatable bonds is 1. The Kier molecular flexibility index (Phi) is 3.37. The monoisotopic (exact) mass is 286 g/mol. The molecule has 0 radical (unpaired) electrons. The second kappa shape index (κ2) is 4.73. The van der Waals surface area contributed by atoms with Crippen LogP contribution in [0.2, 0.25) is 0 Å². The van der Waals surface area contributed by atoms with E-state index in [9.17, 15) is 22.4 Å². The van der Waals surface area contributed by atoms with Crippen LogP contribution in [0, 0.1) is 19.7 Å². The van der Waals surface area contributed by atoms with E-state index in [1.54, 1.807) is 0 Å². The Bertz CT molecular complexity index is 719. The van der Waals surface area contributed by atoms with Crippen molar-refractivity contribution in [3.63, 3.8) is 0 Å². The van der Waals surface area contributed by atoms with Crippen LogP contribution in [-0.2, 0) is 6.18 Å². The first-order valence-electron chi connectivity index (χ1n) is 5.65. The average Bonchev–Trinajstić information content (AvgIpc) is 2.32. The highest BCUT2D eigenvalue weighted by Crippen LogP contribution is 2.33. The second-order valence-corrected chi connectivity index (χ2v) is 4.32. The minimum atomic E-state index is -4.75. The Morgan fingerprint density at radius 3 is 2.40 bits per heavy atom. The maximum absolute atomic E-state index is 13.5. The first kappa shape index (κ1) is 14.2. The zero-order chi connectivity index (χ0) is 15.1. The van der Waals surface area contributed by atoms with E-state index in [0.29, 0.717) is 11.9 Å². The van der Waals surface area contributed by atoms with E-state index >= 15 is 0 Å². The molecule has 0 bridgehead atoms. The first-order chi connectivity index (χ1) is 9.20. The number of benzene rings is 1. The summed E-state index contributed by atoms with van der Waals surface area (Å²) in [5.74, 6) is -1.09. The predicted octanol–water partition coefficient (Wildman–Crippen LogP) is 3.21. The zero-order valence-corrected chi connectivity index (χ0v) is 10.6. The van der Waals surface area contributed by atoms with Crippen LogP contribution in [0.4, 0.5) is 17.6 Å². The van der Waals surface area contributed by atoms with Gasteiger partial charge in [0.1, 0.15) is 11.6 Å². The van der Waals surface area contributed by atoms with Crippen LogP contribution < -0.4 is 5.56 Å². The van der Waals surface area contributed by atoms with E-state index in [2.05, 4.69) is 9.97 Å². The highest BCUT2D eigenvalue weighted by Gasteiger charge is 2.34. The van der Waals surface area contributed by atoms with Gasteiger partial charge >= 0.3 is 6.18 Å². The molecule has 2 rings (SSSR count). The smallest absolute Gasteiger partial charge is 0.311 e. The number of aryl methyl sites for hydroxylation is 1. The quantitative estimate of drug-likeness (QED) is 0.818. The van der Waals surface area contributed by atoms with Crippen LogP contribution in [0.15, 0.2) is 23.0 Å². The van der Waals surface area contributed by atoms with Gasteiger partial charge in [-0.1, -0.05) is 6.07 Å². The van der Waals surface area contributed by atoms with Crippen LogP contribution in [-0.4, -0.2) is 9.97 Å². The topological polar surface area (TPSA) is 45.8 Å². The van der Waals surface area contributed by atoms with Crippen molar-refractivity contribution >= 4 is 0 Å². The van der Waals surface area contributed by atoms with Gasteiger partial charge in [0.05, 0.1) is 11.3 Å². The van der Waals surface area contributed by atoms with Gasteiger partial charge in [-0.05, 0) is 26.0 Å². The first-order valence-corrected chi connectivity index (χ1v) is 5.65. The summed E-state index contributed by atoms with van der Waals surface area (Å²) >= 11 is 0. The van der Waals surface area contributed by atoms with Crippen LogP contribution >= 0.6 is 0 Å². The summed E-state index contributed by atoms with van der Waals surface area (Å²) in [6.45, 7) is 3.00. The third kappa shape index (κ3) is 2.56. The Morgan fingerprint density at radius 1 is 1.20 bits per heavy atom. The van der Waals surface area contributed by atoms with Crippen molar-refractivity contribution in [1.29, 1.82) is 0 Å². The van der Waals surface area contributed by atoms with Crippen molar-refractivity contribution in [1.82, 2.24) is 9.97 Å². The Hall–Kier alpha value is -2.18. The number of aromatic amines is 1. The molecule has 1 aromatic carbocycles. The van der Waals surface area contributed by atoms with Crippen molar-refractivity contribution in [3.05, 3.63) is 51.3 Å². The minimum absolute atomic E-state index is 0.127. The molecule has 20 heavy (non-hydrogen) atoms. The van der Waals surface area contributed by atoms with Crippen molar-refractivity contribution in [2.75, 3.05) is 0 Å². The minimum Gasteiger partial charge on any atom is -0.311 e. The number of hydrogen-bond donors (Lipinski definition) is 1. The molecule has 0 fully saturated rings. The Labute approximate surface area is 111 Å². The molecule has 0 saturated carbocycles. The highest BCUT2D eigenvalue weighted by atomic mass is 19.4. The number of hydrogen-bond acceptors (Lipinski definition) is 2. The van der Waals surface area contributed by atoms with Crippen LogP contribution in [0.3, 0.4) is 0 Å². The fraction of sp³-hybridized carbons (Fsp3) is 0.231. The fourth-order valence-electron chi connectivity index (χ4n) is 1.82. The maximum Gasteiger partial charge on any atom is 0.419 e. The summed E-state index contributed by atoms with van der Waals surface area (Å²) in [6.07, 6.45) is -4.75. The molecule has 7 heteroatoms. The van der Waals surface area contributed by atoms with Crippen molar-refractivity contribution in [2.45, 2.75) is 20.0 Å². The van der Waals surface area contributed by atoms with E-state index in [1.165, 1.54) is 13.8 Å².